The van der Waals surface area contributed by atoms with E-state index in [9.17, 15) is 12.8 Å². The van der Waals surface area contributed by atoms with Crippen LogP contribution in [0.15, 0.2) is 47.5 Å². The number of halogens is 1. The number of hydrogen-bond donors (Lipinski definition) is 1. The van der Waals surface area contributed by atoms with Gasteiger partial charge in [-0.2, -0.15) is 0 Å². The fraction of sp³-hybridized carbons (Fsp3) is 0.522. The number of pyridine rings is 1. The van der Waals surface area contributed by atoms with Crippen LogP contribution in [0, 0.1) is 5.82 Å². The predicted molar refractivity (Wildman–Crippen MR) is 122 cm³/mol. The summed E-state index contributed by atoms with van der Waals surface area (Å²) in [6.45, 7) is 3.51. The van der Waals surface area contributed by atoms with Gasteiger partial charge in [0.15, 0.2) is 0 Å². The Morgan fingerprint density at radius 1 is 1.16 bits per heavy atom. The monoisotopic (exact) mass is 462 g/mol. The Hall–Kier alpha value is -2.07. The van der Waals surface area contributed by atoms with Crippen LogP contribution in [0.1, 0.15) is 31.2 Å². The normalized spacial score (nSPS) is 22.3. The highest BCUT2D eigenvalue weighted by Gasteiger charge is 2.28. The molecule has 9 heteroatoms. The van der Waals surface area contributed by atoms with E-state index in [1.807, 2.05) is 13.1 Å². The second-order valence-corrected chi connectivity index (χ2v) is 10.3. The van der Waals surface area contributed by atoms with Crippen molar-refractivity contribution in [2.24, 2.45) is 0 Å². The number of hydrogen-bond acceptors (Lipinski definition) is 6. The van der Waals surface area contributed by atoms with Gasteiger partial charge in [-0.1, -0.05) is 12.1 Å². The van der Waals surface area contributed by atoms with E-state index in [1.54, 1.807) is 24.3 Å². The molecule has 1 aromatic heterocycles. The summed E-state index contributed by atoms with van der Waals surface area (Å²) in [6, 6.07) is 10.3. The molecule has 1 saturated carbocycles. The van der Waals surface area contributed by atoms with E-state index in [0.29, 0.717) is 25.8 Å². The largest absolute Gasteiger partial charge is 0.378 e. The van der Waals surface area contributed by atoms with E-state index >= 15 is 0 Å². The molecule has 2 aliphatic rings. The number of nitrogens with zero attached hydrogens (tertiary/aromatic N) is 3. The van der Waals surface area contributed by atoms with Gasteiger partial charge >= 0.3 is 0 Å². The molecule has 0 spiro atoms. The number of morpholine rings is 1. The standard InChI is InChI=1S/C23H31FN4O3S/c1-27(17-18-3-2-4-19(24)15-18)21-7-5-20(6-8-21)26-32(29,30)22-9-10-23(25-16-22)28-11-13-31-14-12-28/h2-4,9-10,15-16,20-21,26H,5-8,11-14,17H2,1H3/t20-,21-. The van der Waals surface area contributed by atoms with Gasteiger partial charge in [-0.25, -0.2) is 22.5 Å². The van der Waals surface area contributed by atoms with Crippen LogP contribution in [-0.4, -0.2) is 63.7 Å². The van der Waals surface area contributed by atoms with Gasteiger partial charge in [-0.3, -0.25) is 4.90 Å². The van der Waals surface area contributed by atoms with Gasteiger partial charge in [-0.15, -0.1) is 0 Å². The topological polar surface area (TPSA) is 74.8 Å². The fourth-order valence-electron chi connectivity index (χ4n) is 4.49. The molecule has 0 bridgehead atoms. The molecule has 174 valence electrons. The number of sulfonamides is 1. The second-order valence-electron chi connectivity index (χ2n) is 8.62. The van der Waals surface area contributed by atoms with Crippen LogP contribution in [0.3, 0.4) is 0 Å². The average Bonchev–Trinajstić information content (AvgIpc) is 2.80. The number of aromatic nitrogens is 1. The van der Waals surface area contributed by atoms with Gasteiger partial charge in [-0.05, 0) is 62.6 Å². The minimum Gasteiger partial charge on any atom is -0.378 e. The van der Waals surface area contributed by atoms with Crippen LogP contribution in [-0.2, 0) is 21.3 Å². The molecule has 0 radical (unpaired) electrons. The van der Waals surface area contributed by atoms with Crippen LogP contribution in [0.5, 0.6) is 0 Å². The Labute approximate surface area is 189 Å². The molecule has 0 amide bonds. The van der Waals surface area contributed by atoms with E-state index in [-0.39, 0.29) is 16.8 Å². The number of ether oxygens (including phenoxy) is 1. The van der Waals surface area contributed by atoms with Gasteiger partial charge in [0.2, 0.25) is 10.0 Å². The van der Waals surface area contributed by atoms with Crippen LogP contribution in [0.4, 0.5) is 10.2 Å². The molecular formula is C23H31FN4O3S. The van der Waals surface area contributed by atoms with E-state index in [4.69, 9.17) is 4.74 Å². The van der Waals surface area contributed by atoms with Crippen LogP contribution in [0.25, 0.3) is 0 Å². The SMILES string of the molecule is CN(Cc1cccc(F)c1)[C@H]1CC[C@H](NS(=O)(=O)c2ccc(N3CCOCC3)nc2)CC1. The van der Waals surface area contributed by atoms with Crippen molar-refractivity contribution in [3.63, 3.8) is 0 Å². The van der Waals surface area contributed by atoms with Gasteiger partial charge in [0.05, 0.1) is 13.2 Å². The first-order valence-electron chi connectivity index (χ1n) is 11.2. The van der Waals surface area contributed by atoms with Crippen molar-refractivity contribution < 1.29 is 17.5 Å². The predicted octanol–water partition coefficient (Wildman–Crippen LogP) is 2.78. The average molecular weight is 463 g/mol. The smallest absolute Gasteiger partial charge is 0.242 e. The Bertz CT molecular complexity index is 989. The lowest BCUT2D eigenvalue weighted by Gasteiger charge is -2.35. The summed E-state index contributed by atoms with van der Waals surface area (Å²) in [5.41, 5.74) is 0.948. The van der Waals surface area contributed by atoms with Crippen LogP contribution in [0.2, 0.25) is 0 Å². The Morgan fingerprint density at radius 2 is 1.91 bits per heavy atom. The third-order valence-electron chi connectivity index (χ3n) is 6.33. The van der Waals surface area contributed by atoms with Crippen molar-refractivity contribution >= 4 is 15.8 Å². The molecule has 2 aromatic rings. The summed E-state index contributed by atoms with van der Waals surface area (Å²) in [5.74, 6) is 0.551. The zero-order chi connectivity index (χ0) is 22.6. The Kier molecular flexibility index (Phi) is 7.40. The lowest BCUT2D eigenvalue weighted by Crippen LogP contribution is -2.42. The maximum absolute atomic E-state index is 13.4. The van der Waals surface area contributed by atoms with Gasteiger partial charge < -0.3 is 9.64 Å². The molecule has 7 nitrogen and oxygen atoms in total. The number of benzene rings is 1. The van der Waals surface area contributed by atoms with Crippen molar-refractivity contribution in [3.05, 3.63) is 54.0 Å². The maximum Gasteiger partial charge on any atom is 0.242 e. The summed E-state index contributed by atoms with van der Waals surface area (Å²) in [7, 11) is -1.57. The first-order valence-corrected chi connectivity index (χ1v) is 12.6. The van der Waals surface area contributed by atoms with Crippen LogP contribution >= 0.6 is 0 Å². The molecule has 4 rings (SSSR count). The number of anilines is 1. The minimum absolute atomic E-state index is 0.0854. The zero-order valence-corrected chi connectivity index (χ0v) is 19.2. The molecular weight excluding hydrogens is 431 g/mol. The number of nitrogens with one attached hydrogen (secondary N) is 1. The highest BCUT2D eigenvalue weighted by Crippen LogP contribution is 2.25. The molecule has 1 saturated heterocycles. The van der Waals surface area contributed by atoms with Crippen molar-refractivity contribution in [2.45, 2.75) is 49.2 Å². The molecule has 0 unspecified atom stereocenters. The highest BCUT2D eigenvalue weighted by molar-refractivity contribution is 7.89. The lowest BCUT2D eigenvalue weighted by atomic mass is 9.91. The quantitative estimate of drug-likeness (QED) is 0.682. The van der Waals surface area contributed by atoms with E-state index in [0.717, 1.165) is 50.2 Å². The van der Waals surface area contributed by atoms with Crippen molar-refractivity contribution in [1.29, 1.82) is 0 Å². The molecule has 2 fully saturated rings. The first kappa shape index (κ1) is 23.1. The van der Waals surface area contributed by atoms with Crippen molar-refractivity contribution in [3.8, 4) is 0 Å². The fourth-order valence-corrected chi connectivity index (χ4v) is 5.73. The zero-order valence-electron chi connectivity index (χ0n) is 18.4. The summed E-state index contributed by atoms with van der Waals surface area (Å²) >= 11 is 0. The summed E-state index contributed by atoms with van der Waals surface area (Å²) in [4.78, 5) is 8.88. The van der Waals surface area contributed by atoms with Gasteiger partial charge in [0.1, 0.15) is 16.5 Å². The highest BCUT2D eigenvalue weighted by atomic mass is 32.2. The number of rotatable bonds is 7. The molecule has 1 aliphatic carbocycles. The first-order chi connectivity index (χ1) is 15.4. The van der Waals surface area contributed by atoms with Gasteiger partial charge in [0.25, 0.3) is 0 Å². The molecule has 2 heterocycles. The Balaban J connectivity index is 1.29. The molecule has 0 atom stereocenters. The third-order valence-corrected chi connectivity index (χ3v) is 7.83. The molecule has 1 aromatic carbocycles. The minimum atomic E-state index is -3.61. The van der Waals surface area contributed by atoms with E-state index in [2.05, 4.69) is 19.5 Å². The van der Waals surface area contributed by atoms with E-state index < -0.39 is 10.0 Å². The van der Waals surface area contributed by atoms with Crippen LogP contribution < -0.4 is 9.62 Å². The second kappa shape index (κ2) is 10.2. The summed E-state index contributed by atoms with van der Waals surface area (Å²) in [6.07, 6.45) is 4.78. The third kappa shape index (κ3) is 5.83. The van der Waals surface area contributed by atoms with Crippen molar-refractivity contribution in [1.82, 2.24) is 14.6 Å². The van der Waals surface area contributed by atoms with Crippen molar-refractivity contribution in [2.75, 3.05) is 38.3 Å². The Morgan fingerprint density at radius 3 is 2.56 bits per heavy atom. The lowest BCUT2D eigenvalue weighted by molar-refractivity contribution is 0.122. The molecule has 1 aliphatic heterocycles. The summed E-state index contributed by atoms with van der Waals surface area (Å²) in [5, 5.41) is 0. The van der Waals surface area contributed by atoms with E-state index in [1.165, 1.54) is 12.3 Å². The molecule has 1 N–H and O–H groups in total. The summed E-state index contributed by atoms with van der Waals surface area (Å²) < 4.78 is 47.3. The maximum atomic E-state index is 13.4. The van der Waals surface area contributed by atoms with Gasteiger partial charge in [0, 0.05) is 37.9 Å². The molecule has 32 heavy (non-hydrogen) atoms.